The fourth-order valence-corrected chi connectivity index (χ4v) is 5.57. The first-order valence-electron chi connectivity index (χ1n) is 10.8. The number of rotatable bonds is 8. The molecule has 3 N–H and O–H groups in total. The summed E-state index contributed by atoms with van der Waals surface area (Å²) in [5.41, 5.74) is 2.70. The lowest BCUT2D eigenvalue weighted by molar-refractivity contribution is -0.116. The Morgan fingerprint density at radius 3 is 2.51 bits per heavy atom. The molecular weight excluding hydrogens is 490 g/mol. The fraction of sp³-hybridized carbons (Fsp3) is 0.200. The van der Waals surface area contributed by atoms with E-state index in [2.05, 4.69) is 16.0 Å². The van der Waals surface area contributed by atoms with E-state index in [9.17, 15) is 18.0 Å². The quantitative estimate of drug-likeness (QED) is 0.424. The highest BCUT2D eigenvalue weighted by Gasteiger charge is 2.31. The van der Waals surface area contributed by atoms with Gasteiger partial charge < -0.3 is 20.7 Å². The third-order valence-electron chi connectivity index (χ3n) is 5.55. The molecule has 1 aliphatic rings. The van der Waals surface area contributed by atoms with E-state index in [1.165, 1.54) is 0 Å². The molecule has 182 valence electrons. The second-order valence-corrected chi connectivity index (χ2v) is 10.6. The number of sulfone groups is 1. The number of halogens is 1. The van der Waals surface area contributed by atoms with Crippen molar-refractivity contribution in [2.45, 2.75) is 18.3 Å². The van der Waals surface area contributed by atoms with Crippen molar-refractivity contribution in [2.75, 3.05) is 23.5 Å². The minimum atomic E-state index is -3.63. The Morgan fingerprint density at radius 1 is 1.06 bits per heavy atom. The van der Waals surface area contributed by atoms with E-state index < -0.39 is 27.5 Å². The predicted octanol–water partition coefficient (Wildman–Crippen LogP) is 3.63. The van der Waals surface area contributed by atoms with Gasteiger partial charge in [-0.15, -0.1) is 0 Å². The summed E-state index contributed by atoms with van der Waals surface area (Å²) >= 11 is 6.08. The van der Waals surface area contributed by atoms with Crippen LogP contribution in [0.4, 0.5) is 11.4 Å². The van der Waals surface area contributed by atoms with Gasteiger partial charge in [-0.2, -0.15) is 0 Å². The van der Waals surface area contributed by atoms with Crippen LogP contribution >= 0.6 is 11.6 Å². The minimum absolute atomic E-state index is 0.266. The standard InChI is InChI=1S/C25H24ClN3O5S/c1-34-19-9-6-16(7-10-19)13-27-24(30)17-8-11-21-22(12-17)29-25(31)23(28-21)15-35(32,33)14-18-4-2-3-5-20(18)26/h2-12,23,28H,13-15H2,1H3,(H,27,30)(H,29,31). The summed E-state index contributed by atoms with van der Waals surface area (Å²) in [6.07, 6.45) is 0. The number of nitrogens with one attached hydrogen (secondary N) is 3. The molecule has 1 atom stereocenters. The van der Waals surface area contributed by atoms with Crippen molar-refractivity contribution >= 4 is 44.6 Å². The molecule has 0 aromatic heterocycles. The average Bonchev–Trinajstić information content (AvgIpc) is 2.84. The predicted molar refractivity (Wildman–Crippen MR) is 136 cm³/mol. The summed E-state index contributed by atoms with van der Waals surface area (Å²) in [5.74, 6) is -0.724. The molecule has 0 saturated heterocycles. The van der Waals surface area contributed by atoms with Crippen LogP contribution in [-0.2, 0) is 26.9 Å². The molecule has 0 saturated carbocycles. The van der Waals surface area contributed by atoms with Crippen molar-refractivity contribution in [1.82, 2.24) is 5.32 Å². The van der Waals surface area contributed by atoms with Crippen LogP contribution in [0.2, 0.25) is 5.02 Å². The van der Waals surface area contributed by atoms with E-state index in [4.69, 9.17) is 16.3 Å². The van der Waals surface area contributed by atoms with Gasteiger partial charge in [0.05, 0.1) is 30.0 Å². The van der Waals surface area contributed by atoms with Crippen LogP contribution in [-0.4, -0.2) is 39.1 Å². The van der Waals surface area contributed by atoms with Gasteiger partial charge in [-0.05, 0) is 47.5 Å². The number of anilines is 2. The van der Waals surface area contributed by atoms with Crippen molar-refractivity contribution in [3.63, 3.8) is 0 Å². The largest absolute Gasteiger partial charge is 0.497 e. The molecule has 3 aromatic rings. The topological polar surface area (TPSA) is 114 Å². The molecule has 0 radical (unpaired) electrons. The number of hydrogen-bond donors (Lipinski definition) is 3. The van der Waals surface area contributed by atoms with E-state index >= 15 is 0 Å². The number of carbonyl (C=O) groups excluding carboxylic acids is 2. The summed E-state index contributed by atoms with van der Waals surface area (Å²) in [4.78, 5) is 25.2. The normalized spacial score (nSPS) is 14.9. The summed E-state index contributed by atoms with van der Waals surface area (Å²) < 4.78 is 30.5. The number of amides is 2. The number of hydrogen-bond acceptors (Lipinski definition) is 6. The SMILES string of the molecule is COc1ccc(CNC(=O)c2ccc3c(c2)NC(=O)C(CS(=O)(=O)Cc2ccccc2Cl)N3)cc1. The maximum atomic E-state index is 12.7. The molecule has 4 rings (SSSR count). The van der Waals surface area contributed by atoms with E-state index in [0.717, 1.165) is 11.3 Å². The third-order valence-corrected chi connectivity index (χ3v) is 7.51. The zero-order valence-corrected chi connectivity index (χ0v) is 20.4. The van der Waals surface area contributed by atoms with Gasteiger partial charge in [0.2, 0.25) is 5.91 Å². The highest BCUT2D eigenvalue weighted by Crippen LogP contribution is 2.29. The number of methoxy groups -OCH3 is 1. The molecule has 0 fully saturated rings. The number of ether oxygens (including phenoxy) is 1. The van der Waals surface area contributed by atoms with Gasteiger partial charge in [0.15, 0.2) is 9.84 Å². The Labute approximate surface area is 208 Å². The lowest BCUT2D eigenvalue weighted by atomic mass is 10.1. The molecule has 10 heteroatoms. The maximum absolute atomic E-state index is 12.7. The molecule has 3 aromatic carbocycles. The molecule has 0 bridgehead atoms. The van der Waals surface area contributed by atoms with Crippen molar-refractivity contribution in [1.29, 1.82) is 0 Å². The summed E-state index contributed by atoms with van der Waals surface area (Å²) in [6.45, 7) is 0.329. The van der Waals surface area contributed by atoms with Crippen LogP contribution in [0.3, 0.4) is 0 Å². The van der Waals surface area contributed by atoms with Gasteiger partial charge in [-0.25, -0.2) is 8.42 Å². The van der Waals surface area contributed by atoms with Crippen molar-refractivity contribution in [2.24, 2.45) is 0 Å². The van der Waals surface area contributed by atoms with E-state index in [0.29, 0.717) is 34.1 Å². The van der Waals surface area contributed by atoms with Gasteiger partial charge in [0.25, 0.3) is 5.91 Å². The first-order chi connectivity index (χ1) is 16.7. The van der Waals surface area contributed by atoms with Gasteiger partial charge in [0.1, 0.15) is 11.8 Å². The minimum Gasteiger partial charge on any atom is -0.497 e. The summed E-state index contributed by atoms with van der Waals surface area (Å²) in [7, 11) is -2.05. The van der Waals surface area contributed by atoms with Crippen LogP contribution in [0.1, 0.15) is 21.5 Å². The number of carbonyl (C=O) groups is 2. The lowest BCUT2D eigenvalue weighted by Gasteiger charge is -2.27. The lowest BCUT2D eigenvalue weighted by Crippen LogP contribution is -2.43. The van der Waals surface area contributed by atoms with Crippen LogP contribution in [0.5, 0.6) is 5.75 Å². The Kier molecular flexibility index (Phi) is 7.28. The highest BCUT2D eigenvalue weighted by atomic mass is 35.5. The van der Waals surface area contributed by atoms with Gasteiger partial charge in [-0.3, -0.25) is 9.59 Å². The molecule has 0 aliphatic carbocycles. The number of fused-ring (bicyclic) bond motifs is 1. The van der Waals surface area contributed by atoms with Gasteiger partial charge in [-0.1, -0.05) is 41.9 Å². The first-order valence-corrected chi connectivity index (χ1v) is 13.0. The summed E-state index contributed by atoms with van der Waals surface area (Å²) in [5, 5.41) is 8.87. The van der Waals surface area contributed by atoms with Crippen molar-refractivity contribution in [3.8, 4) is 5.75 Å². The fourth-order valence-electron chi connectivity index (χ4n) is 3.70. The molecule has 8 nitrogen and oxygen atoms in total. The highest BCUT2D eigenvalue weighted by molar-refractivity contribution is 7.90. The van der Waals surface area contributed by atoms with E-state index in [1.807, 2.05) is 24.3 Å². The first kappa shape index (κ1) is 24.6. The average molecular weight is 514 g/mol. The Balaban J connectivity index is 1.40. The van der Waals surface area contributed by atoms with E-state index in [1.54, 1.807) is 49.6 Å². The Hall–Kier alpha value is -3.56. The maximum Gasteiger partial charge on any atom is 0.251 e. The van der Waals surface area contributed by atoms with E-state index in [-0.39, 0.29) is 11.7 Å². The zero-order valence-electron chi connectivity index (χ0n) is 18.9. The molecule has 1 unspecified atom stereocenters. The Morgan fingerprint density at radius 2 is 1.80 bits per heavy atom. The van der Waals surface area contributed by atoms with Crippen LogP contribution in [0.25, 0.3) is 0 Å². The molecule has 35 heavy (non-hydrogen) atoms. The number of benzene rings is 3. The van der Waals surface area contributed by atoms with Crippen LogP contribution in [0.15, 0.2) is 66.7 Å². The zero-order chi connectivity index (χ0) is 25.0. The van der Waals surface area contributed by atoms with Crippen LogP contribution in [0, 0.1) is 0 Å². The monoisotopic (exact) mass is 513 g/mol. The van der Waals surface area contributed by atoms with Gasteiger partial charge in [0, 0.05) is 17.1 Å². The molecule has 0 spiro atoms. The third kappa shape index (κ3) is 6.12. The molecular formula is C25H24ClN3O5S. The van der Waals surface area contributed by atoms with Crippen molar-refractivity contribution in [3.05, 3.63) is 88.4 Å². The second-order valence-electron chi connectivity index (χ2n) is 8.12. The smallest absolute Gasteiger partial charge is 0.251 e. The summed E-state index contributed by atoms with van der Waals surface area (Å²) in [6, 6.07) is 17.9. The Bertz CT molecular complexity index is 1360. The second kappa shape index (κ2) is 10.4. The molecule has 1 heterocycles. The molecule has 2 amide bonds. The van der Waals surface area contributed by atoms with Crippen molar-refractivity contribution < 1.29 is 22.7 Å². The van der Waals surface area contributed by atoms with Gasteiger partial charge >= 0.3 is 0 Å². The molecule has 1 aliphatic heterocycles. The van der Waals surface area contributed by atoms with Crippen LogP contribution < -0.4 is 20.7 Å².